The lowest BCUT2D eigenvalue weighted by Gasteiger charge is -2.32. The van der Waals surface area contributed by atoms with Gasteiger partial charge in [0, 0.05) is 32.1 Å². The zero-order chi connectivity index (χ0) is 15.5. The molecule has 0 bridgehead atoms. The van der Waals surface area contributed by atoms with Crippen LogP contribution in [0.25, 0.3) is 10.2 Å². The van der Waals surface area contributed by atoms with Gasteiger partial charge in [0.25, 0.3) is 5.56 Å². The normalized spacial score (nSPS) is 18.8. The fraction of sp³-hybridized carbons (Fsp3) is 0.533. The van der Waals surface area contributed by atoms with E-state index in [1.807, 2.05) is 17.3 Å². The summed E-state index contributed by atoms with van der Waals surface area (Å²) in [6.07, 6.45) is 4.02. The molecule has 0 radical (unpaired) electrons. The molecule has 3 heterocycles. The molecule has 2 aromatic heterocycles. The largest absolute Gasteiger partial charge is 0.341 e. The van der Waals surface area contributed by atoms with Crippen LogP contribution in [0.4, 0.5) is 0 Å². The molecule has 118 valence electrons. The minimum absolute atomic E-state index is 0.0641. The monoisotopic (exact) mass is 320 g/mol. The highest BCUT2D eigenvalue weighted by Crippen LogP contribution is 2.14. The number of hydrogen-bond donors (Lipinski definition) is 1. The van der Waals surface area contributed by atoms with Crippen molar-refractivity contribution in [2.24, 2.45) is 0 Å². The van der Waals surface area contributed by atoms with E-state index in [9.17, 15) is 9.59 Å². The fourth-order valence-electron chi connectivity index (χ4n) is 2.87. The molecule has 1 N–H and O–H groups in total. The van der Waals surface area contributed by atoms with Crippen molar-refractivity contribution < 1.29 is 4.79 Å². The summed E-state index contributed by atoms with van der Waals surface area (Å²) in [5, 5.41) is 5.72. The van der Waals surface area contributed by atoms with Gasteiger partial charge in [-0.15, -0.1) is 11.3 Å². The first-order chi connectivity index (χ1) is 10.7. The van der Waals surface area contributed by atoms with Crippen molar-refractivity contribution in [2.75, 3.05) is 20.1 Å². The molecule has 22 heavy (non-hydrogen) atoms. The van der Waals surface area contributed by atoms with Gasteiger partial charge in [0.05, 0.1) is 11.7 Å². The summed E-state index contributed by atoms with van der Waals surface area (Å²) in [5.74, 6) is 0.109. The smallest absolute Gasteiger partial charge is 0.262 e. The summed E-state index contributed by atoms with van der Waals surface area (Å²) in [6, 6.07) is 2.17. The second-order valence-electron chi connectivity index (χ2n) is 5.60. The Kier molecular flexibility index (Phi) is 4.54. The molecule has 0 aromatic carbocycles. The van der Waals surface area contributed by atoms with E-state index >= 15 is 0 Å². The van der Waals surface area contributed by atoms with Crippen molar-refractivity contribution in [3.8, 4) is 0 Å². The van der Waals surface area contributed by atoms with Gasteiger partial charge in [0.15, 0.2) is 0 Å². The Balaban J connectivity index is 1.64. The van der Waals surface area contributed by atoms with Crippen LogP contribution in [0.2, 0.25) is 0 Å². The number of thiophene rings is 1. The standard InChI is InChI=1S/C15H20N4O2S/c1-16-11-3-2-6-18(9-11)13(20)4-7-19-10-17-14-12(15(19)21)5-8-22-14/h5,8,10-11,16H,2-4,6-7,9H2,1H3. The number of amides is 1. The van der Waals surface area contributed by atoms with E-state index < -0.39 is 0 Å². The van der Waals surface area contributed by atoms with Crippen molar-refractivity contribution >= 4 is 27.5 Å². The Hall–Kier alpha value is -1.73. The Bertz CT molecular complexity index is 724. The highest BCUT2D eigenvalue weighted by molar-refractivity contribution is 7.16. The Morgan fingerprint density at radius 3 is 3.23 bits per heavy atom. The second kappa shape index (κ2) is 6.58. The highest BCUT2D eigenvalue weighted by atomic mass is 32.1. The number of aromatic nitrogens is 2. The molecule has 1 fully saturated rings. The van der Waals surface area contributed by atoms with Gasteiger partial charge in [-0.3, -0.25) is 14.2 Å². The lowest BCUT2D eigenvalue weighted by atomic mass is 10.1. The number of carbonyl (C=O) groups is 1. The van der Waals surface area contributed by atoms with E-state index in [1.165, 1.54) is 15.9 Å². The van der Waals surface area contributed by atoms with Crippen LogP contribution in [0.1, 0.15) is 19.3 Å². The predicted octanol–water partition coefficient (Wildman–Crippen LogP) is 1.06. The van der Waals surface area contributed by atoms with Gasteiger partial charge in [0.1, 0.15) is 4.83 Å². The number of piperidine rings is 1. The van der Waals surface area contributed by atoms with Gasteiger partial charge in [-0.25, -0.2) is 4.98 Å². The molecule has 0 saturated carbocycles. The topological polar surface area (TPSA) is 67.2 Å². The number of nitrogens with zero attached hydrogens (tertiary/aromatic N) is 3. The average molecular weight is 320 g/mol. The van der Waals surface area contributed by atoms with E-state index in [0.717, 1.165) is 30.8 Å². The third-order valence-electron chi connectivity index (χ3n) is 4.20. The average Bonchev–Trinajstić information content (AvgIpc) is 3.03. The number of hydrogen-bond acceptors (Lipinski definition) is 5. The number of nitrogens with one attached hydrogen (secondary N) is 1. The molecule has 1 aliphatic rings. The van der Waals surface area contributed by atoms with Crippen molar-refractivity contribution in [2.45, 2.75) is 31.8 Å². The zero-order valence-corrected chi connectivity index (χ0v) is 13.4. The van der Waals surface area contributed by atoms with Crippen molar-refractivity contribution in [1.82, 2.24) is 19.8 Å². The molecule has 2 aromatic rings. The molecule has 1 amide bonds. The summed E-state index contributed by atoms with van der Waals surface area (Å²) < 4.78 is 1.53. The molecule has 1 saturated heterocycles. The SMILES string of the molecule is CNC1CCCN(C(=O)CCn2cnc3sccc3c2=O)C1. The maximum Gasteiger partial charge on any atom is 0.262 e. The number of carbonyl (C=O) groups excluding carboxylic acids is 1. The van der Waals surface area contributed by atoms with Gasteiger partial charge in [0.2, 0.25) is 5.91 Å². The minimum Gasteiger partial charge on any atom is -0.341 e. The van der Waals surface area contributed by atoms with E-state index in [4.69, 9.17) is 0 Å². The Morgan fingerprint density at radius 1 is 1.55 bits per heavy atom. The first-order valence-electron chi connectivity index (χ1n) is 7.56. The lowest BCUT2D eigenvalue weighted by molar-refractivity contribution is -0.132. The van der Waals surface area contributed by atoms with Gasteiger partial charge in [-0.2, -0.15) is 0 Å². The molecule has 1 atom stereocenters. The number of fused-ring (bicyclic) bond motifs is 1. The maximum absolute atomic E-state index is 12.3. The molecule has 6 nitrogen and oxygen atoms in total. The number of likely N-dealkylation sites (N-methyl/N-ethyl adjacent to an activating group) is 1. The van der Waals surface area contributed by atoms with Crippen molar-refractivity contribution in [3.05, 3.63) is 28.1 Å². The van der Waals surface area contributed by atoms with E-state index in [2.05, 4.69) is 10.3 Å². The van der Waals surface area contributed by atoms with Crippen LogP contribution in [-0.4, -0.2) is 46.5 Å². The minimum atomic E-state index is -0.0641. The Labute approximate surface area is 132 Å². The lowest BCUT2D eigenvalue weighted by Crippen LogP contribution is -2.47. The first-order valence-corrected chi connectivity index (χ1v) is 8.44. The maximum atomic E-state index is 12.3. The van der Waals surface area contributed by atoms with Crippen LogP contribution < -0.4 is 10.9 Å². The second-order valence-corrected chi connectivity index (χ2v) is 6.49. The molecular formula is C15H20N4O2S. The van der Waals surface area contributed by atoms with Gasteiger partial charge < -0.3 is 10.2 Å². The molecular weight excluding hydrogens is 300 g/mol. The van der Waals surface area contributed by atoms with Gasteiger partial charge >= 0.3 is 0 Å². The van der Waals surface area contributed by atoms with Crippen LogP contribution in [0.5, 0.6) is 0 Å². The quantitative estimate of drug-likeness (QED) is 0.915. The number of aryl methyl sites for hydroxylation is 1. The van der Waals surface area contributed by atoms with Gasteiger partial charge in [-0.1, -0.05) is 0 Å². The summed E-state index contributed by atoms with van der Waals surface area (Å²) >= 11 is 1.45. The van der Waals surface area contributed by atoms with Crippen LogP contribution in [0, 0.1) is 0 Å². The molecule has 1 unspecified atom stereocenters. The number of rotatable bonds is 4. The summed E-state index contributed by atoms with van der Waals surface area (Å²) in [7, 11) is 1.93. The third kappa shape index (κ3) is 3.05. The summed E-state index contributed by atoms with van der Waals surface area (Å²) in [6.45, 7) is 1.96. The van der Waals surface area contributed by atoms with Crippen LogP contribution in [0.15, 0.2) is 22.6 Å². The fourth-order valence-corrected chi connectivity index (χ4v) is 3.59. The molecule has 0 spiro atoms. The molecule has 3 rings (SSSR count). The summed E-state index contributed by atoms with van der Waals surface area (Å²) in [4.78, 5) is 31.5. The van der Waals surface area contributed by atoms with Crippen LogP contribution in [0.3, 0.4) is 0 Å². The van der Waals surface area contributed by atoms with E-state index in [1.54, 1.807) is 12.4 Å². The molecule has 7 heteroatoms. The van der Waals surface area contributed by atoms with Crippen molar-refractivity contribution in [3.63, 3.8) is 0 Å². The zero-order valence-electron chi connectivity index (χ0n) is 12.6. The van der Waals surface area contributed by atoms with E-state index in [0.29, 0.717) is 24.4 Å². The highest BCUT2D eigenvalue weighted by Gasteiger charge is 2.22. The van der Waals surface area contributed by atoms with E-state index in [-0.39, 0.29) is 11.5 Å². The summed E-state index contributed by atoms with van der Waals surface area (Å²) in [5.41, 5.74) is -0.0641. The third-order valence-corrected chi connectivity index (χ3v) is 5.02. The Morgan fingerprint density at radius 2 is 2.41 bits per heavy atom. The molecule has 0 aliphatic carbocycles. The van der Waals surface area contributed by atoms with Gasteiger partial charge in [-0.05, 0) is 31.3 Å². The first kappa shape index (κ1) is 15.2. The molecule has 1 aliphatic heterocycles. The van der Waals surface area contributed by atoms with Crippen LogP contribution in [-0.2, 0) is 11.3 Å². The predicted molar refractivity (Wildman–Crippen MR) is 87.2 cm³/mol. The van der Waals surface area contributed by atoms with Crippen LogP contribution >= 0.6 is 11.3 Å². The number of likely N-dealkylation sites (tertiary alicyclic amines) is 1. The van der Waals surface area contributed by atoms with Crippen molar-refractivity contribution in [1.29, 1.82) is 0 Å².